The van der Waals surface area contributed by atoms with Crippen LogP contribution in [0.4, 0.5) is 15.2 Å². The third-order valence-electron chi connectivity index (χ3n) is 5.26. The molecule has 0 aliphatic heterocycles. The molecule has 9 nitrogen and oxygen atoms in total. The first-order valence-corrected chi connectivity index (χ1v) is 12.0. The first-order valence-electron chi connectivity index (χ1n) is 11.2. The number of rotatable bonds is 13. The highest BCUT2D eigenvalue weighted by molar-refractivity contribution is 7.19. The summed E-state index contributed by atoms with van der Waals surface area (Å²) in [5.74, 6) is -1.14. The van der Waals surface area contributed by atoms with Gasteiger partial charge in [0.05, 0.1) is 24.5 Å². The molecule has 1 atom stereocenters. The first kappa shape index (κ1) is 27.2. The van der Waals surface area contributed by atoms with E-state index in [1.807, 2.05) is 0 Å². The fourth-order valence-electron chi connectivity index (χ4n) is 3.28. The predicted octanol–water partition coefficient (Wildman–Crippen LogP) is 3.17. The van der Waals surface area contributed by atoms with Gasteiger partial charge in [0.1, 0.15) is 23.2 Å². The van der Waals surface area contributed by atoms with Gasteiger partial charge in [0.2, 0.25) is 5.91 Å². The Morgan fingerprint density at radius 2 is 2.06 bits per heavy atom. The molecule has 0 fully saturated rings. The van der Waals surface area contributed by atoms with Crippen molar-refractivity contribution in [1.82, 2.24) is 10.3 Å². The highest BCUT2D eigenvalue weighted by Crippen LogP contribution is 2.38. The number of aliphatic hydroxyl groups excluding tert-OH is 1. The van der Waals surface area contributed by atoms with Crippen LogP contribution in [0.3, 0.4) is 0 Å². The van der Waals surface area contributed by atoms with Gasteiger partial charge in [-0.05, 0) is 29.8 Å². The average Bonchev–Trinajstić information content (AvgIpc) is 3.27. The van der Waals surface area contributed by atoms with E-state index >= 15 is 0 Å². The number of nitrogens with zero attached hydrogens (tertiary/aromatic N) is 1. The zero-order valence-corrected chi connectivity index (χ0v) is 20.9. The van der Waals surface area contributed by atoms with Crippen LogP contribution in [0.25, 0.3) is 10.4 Å². The Morgan fingerprint density at radius 3 is 2.75 bits per heavy atom. The second kappa shape index (κ2) is 13.1. The number of hydrogen-bond acceptors (Lipinski definition) is 8. The van der Waals surface area contributed by atoms with Crippen LogP contribution in [0.15, 0.2) is 42.5 Å². The monoisotopic (exact) mass is 516 g/mol. The van der Waals surface area contributed by atoms with Crippen LogP contribution in [-0.4, -0.2) is 55.4 Å². The number of amides is 2. The number of aromatic nitrogens is 1. The molecule has 1 unspecified atom stereocenters. The third-order valence-corrected chi connectivity index (χ3v) is 6.34. The number of thiophene rings is 1. The van der Waals surface area contributed by atoms with Crippen LogP contribution in [-0.2, 0) is 20.9 Å². The van der Waals surface area contributed by atoms with E-state index in [4.69, 9.17) is 15.2 Å². The lowest BCUT2D eigenvalue weighted by Crippen LogP contribution is -2.30. The third kappa shape index (κ3) is 7.31. The van der Waals surface area contributed by atoms with E-state index in [0.717, 1.165) is 0 Å². The molecule has 0 bridgehead atoms. The standard InChI is InChI=1S/C25H29FN4O5S/c1-15(12-31)16-6-7-18(20(26)10-16)21-11-19(24(27)33)25(36-21)30-22-5-3-4-17(29-22)13-35-14-23(32)28-8-9-34-2/h3-7,10-11,15,31H,8-9,12-14H2,1-2H3,(H2,27,33)(H,28,32)(H,29,30). The normalized spacial score (nSPS) is 11.8. The number of hydrogen-bond donors (Lipinski definition) is 4. The topological polar surface area (TPSA) is 136 Å². The van der Waals surface area contributed by atoms with Gasteiger partial charge in [0.15, 0.2) is 0 Å². The molecule has 2 aromatic heterocycles. The average molecular weight is 517 g/mol. The number of carbonyl (C=O) groups is 2. The Labute approximate surface area is 212 Å². The number of nitrogens with two attached hydrogens (primary N) is 1. The van der Waals surface area contributed by atoms with E-state index in [0.29, 0.717) is 45.7 Å². The lowest BCUT2D eigenvalue weighted by atomic mass is 9.99. The molecule has 0 radical (unpaired) electrons. The van der Waals surface area contributed by atoms with Crippen LogP contribution < -0.4 is 16.4 Å². The molecular formula is C25H29FN4O5S. The number of anilines is 2. The second-order valence-corrected chi connectivity index (χ2v) is 9.07. The van der Waals surface area contributed by atoms with E-state index in [9.17, 15) is 19.1 Å². The Hall–Kier alpha value is -3.38. The number of nitrogens with one attached hydrogen (secondary N) is 2. The first-order chi connectivity index (χ1) is 17.3. The summed E-state index contributed by atoms with van der Waals surface area (Å²) in [7, 11) is 1.55. The lowest BCUT2D eigenvalue weighted by Gasteiger charge is -2.10. The van der Waals surface area contributed by atoms with E-state index in [1.54, 1.807) is 44.4 Å². The molecule has 0 aliphatic carbocycles. The summed E-state index contributed by atoms with van der Waals surface area (Å²) in [6.45, 7) is 2.52. The number of halogens is 1. The maximum absolute atomic E-state index is 14.8. The molecule has 11 heteroatoms. The molecular weight excluding hydrogens is 487 g/mol. The van der Waals surface area contributed by atoms with E-state index in [1.165, 1.54) is 23.5 Å². The predicted molar refractivity (Wildman–Crippen MR) is 136 cm³/mol. The van der Waals surface area contributed by atoms with Gasteiger partial charge in [-0.2, -0.15) is 0 Å². The van der Waals surface area contributed by atoms with Crippen molar-refractivity contribution in [2.75, 3.05) is 38.8 Å². The highest BCUT2D eigenvalue weighted by atomic mass is 32.1. The van der Waals surface area contributed by atoms with E-state index < -0.39 is 11.7 Å². The summed E-state index contributed by atoms with van der Waals surface area (Å²) in [5.41, 5.74) is 7.35. The number of pyridine rings is 1. The largest absolute Gasteiger partial charge is 0.396 e. The molecule has 3 aromatic rings. The Bertz CT molecular complexity index is 1200. The van der Waals surface area contributed by atoms with E-state index in [-0.39, 0.29) is 37.2 Å². The van der Waals surface area contributed by atoms with Crippen LogP contribution >= 0.6 is 11.3 Å². The number of ether oxygens (including phenoxy) is 2. The van der Waals surface area contributed by atoms with Crippen molar-refractivity contribution in [2.24, 2.45) is 5.73 Å². The van der Waals surface area contributed by atoms with Crippen molar-refractivity contribution in [3.8, 4) is 10.4 Å². The number of benzene rings is 1. The molecule has 5 N–H and O–H groups in total. The summed E-state index contributed by atoms with van der Waals surface area (Å²) in [5, 5.41) is 15.5. The summed E-state index contributed by atoms with van der Waals surface area (Å²) in [6.07, 6.45) is 0. The van der Waals surface area contributed by atoms with Crippen LogP contribution in [0.1, 0.15) is 34.5 Å². The maximum atomic E-state index is 14.8. The molecule has 0 saturated carbocycles. The van der Waals surface area contributed by atoms with Gasteiger partial charge in [0.25, 0.3) is 5.91 Å². The van der Waals surface area contributed by atoms with Crippen LogP contribution in [0.2, 0.25) is 0 Å². The summed E-state index contributed by atoms with van der Waals surface area (Å²) in [4.78, 5) is 28.8. The van der Waals surface area contributed by atoms with Gasteiger partial charge >= 0.3 is 0 Å². The van der Waals surface area contributed by atoms with E-state index in [2.05, 4.69) is 15.6 Å². The Kier molecular flexibility index (Phi) is 9.88. The fourth-order valence-corrected chi connectivity index (χ4v) is 4.38. The summed E-state index contributed by atoms with van der Waals surface area (Å²) < 4.78 is 25.1. The Balaban J connectivity index is 1.72. The maximum Gasteiger partial charge on any atom is 0.251 e. The smallest absolute Gasteiger partial charge is 0.251 e. The fraction of sp³-hybridized carbons (Fsp3) is 0.320. The highest BCUT2D eigenvalue weighted by Gasteiger charge is 2.18. The van der Waals surface area contributed by atoms with Crippen molar-refractivity contribution < 1.29 is 28.6 Å². The minimum atomic E-state index is -0.662. The minimum Gasteiger partial charge on any atom is -0.396 e. The zero-order valence-electron chi connectivity index (χ0n) is 20.0. The molecule has 0 spiro atoms. The molecule has 2 heterocycles. The van der Waals surface area contributed by atoms with Crippen molar-refractivity contribution in [2.45, 2.75) is 19.4 Å². The van der Waals surface area contributed by atoms with Gasteiger partial charge in [-0.1, -0.05) is 25.1 Å². The molecule has 0 saturated heterocycles. The van der Waals surface area contributed by atoms with Crippen molar-refractivity contribution in [3.05, 3.63) is 65.1 Å². The Morgan fingerprint density at radius 1 is 1.25 bits per heavy atom. The molecule has 36 heavy (non-hydrogen) atoms. The van der Waals surface area contributed by atoms with Crippen LogP contribution in [0, 0.1) is 5.82 Å². The number of aliphatic hydroxyl groups is 1. The van der Waals surface area contributed by atoms with Crippen LogP contribution in [0.5, 0.6) is 0 Å². The van der Waals surface area contributed by atoms with Gasteiger partial charge in [-0.25, -0.2) is 9.37 Å². The number of methoxy groups -OCH3 is 1. The molecule has 2 amide bonds. The summed E-state index contributed by atoms with van der Waals surface area (Å²) >= 11 is 1.17. The minimum absolute atomic E-state index is 0.0869. The SMILES string of the molecule is COCCNC(=O)COCc1cccc(Nc2sc(-c3ccc(C(C)CO)cc3F)cc2C(N)=O)n1. The zero-order chi connectivity index (χ0) is 26.1. The van der Waals surface area contributed by atoms with Crippen molar-refractivity contribution >= 4 is 34.0 Å². The molecule has 1 aromatic carbocycles. The summed E-state index contributed by atoms with van der Waals surface area (Å²) in [6, 6.07) is 11.5. The molecule has 3 rings (SSSR count). The number of primary amides is 1. The van der Waals surface area contributed by atoms with Crippen molar-refractivity contribution in [1.29, 1.82) is 0 Å². The van der Waals surface area contributed by atoms with Gasteiger partial charge in [-0.3, -0.25) is 9.59 Å². The quantitative estimate of drug-likeness (QED) is 0.256. The lowest BCUT2D eigenvalue weighted by molar-refractivity contribution is -0.126. The van der Waals surface area contributed by atoms with Gasteiger partial charge in [0, 0.05) is 36.6 Å². The van der Waals surface area contributed by atoms with Crippen molar-refractivity contribution in [3.63, 3.8) is 0 Å². The molecule has 0 aliphatic rings. The van der Waals surface area contributed by atoms with Gasteiger partial charge in [-0.15, -0.1) is 11.3 Å². The number of carbonyl (C=O) groups excluding carboxylic acids is 2. The second-order valence-electron chi connectivity index (χ2n) is 8.02. The molecule has 192 valence electrons. The van der Waals surface area contributed by atoms with Gasteiger partial charge < -0.3 is 30.9 Å².